The Morgan fingerprint density at radius 1 is 0.955 bits per heavy atom. The summed E-state index contributed by atoms with van der Waals surface area (Å²) in [5.74, 6) is 0.118. The number of Topliss-reactive ketones (excluding diaryl/α,β-unsaturated/α-hetero) is 1. The number of pyridine rings is 1. The van der Waals surface area contributed by atoms with E-state index in [1.165, 1.54) is 0 Å². The van der Waals surface area contributed by atoms with E-state index in [1.54, 1.807) is 0 Å². The maximum Gasteiger partial charge on any atom is 0.227 e. The number of fused-ring (bicyclic) bond motifs is 1. The van der Waals surface area contributed by atoms with Gasteiger partial charge in [0, 0.05) is 29.2 Å². The second kappa shape index (κ2) is 6.35. The van der Waals surface area contributed by atoms with Crippen molar-refractivity contribution in [3.8, 4) is 0 Å². The molecule has 0 saturated heterocycles. The minimum absolute atomic E-state index is 0.118. The minimum atomic E-state index is 0.118. The lowest BCUT2D eigenvalue weighted by Crippen LogP contribution is -2.41. The standard InChI is InChI=1S/C20H18NO/c1-2-8-18-14-13-16-9-6-7-12-19(16)21(18)15-20(22)17-10-4-3-5-11-17/h2-14H,15H2,1H3/q+1. The minimum Gasteiger partial charge on any atom is -0.287 e. The number of rotatable bonds is 4. The summed E-state index contributed by atoms with van der Waals surface area (Å²) >= 11 is 0. The number of ketones is 1. The molecule has 2 aromatic carbocycles. The largest absolute Gasteiger partial charge is 0.287 e. The van der Waals surface area contributed by atoms with Crippen LogP contribution in [0.3, 0.4) is 0 Å². The fourth-order valence-electron chi connectivity index (χ4n) is 2.63. The summed E-state index contributed by atoms with van der Waals surface area (Å²) in [7, 11) is 0. The van der Waals surface area contributed by atoms with E-state index in [9.17, 15) is 4.79 Å². The number of nitrogens with zero attached hydrogens (tertiary/aromatic N) is 1. The highest BCUT2D eigenvalue weighted by Gasteiger charge is 2.18. The fraction of sp³-hybridized carbons (Fsp3) is 0.100. The number of hydrogen-bond acceptors (Lipinski definition) is 1. The van der Waals surface area contributed by atoms with Crippen molar-refractivity contribution < 1.29 is 9.36 Å². The van der Waals surface area contributed by atoms with E-state index in [0.717, 1.165) is 22.2 Å². The molecule has 0 spiro atoms. The lowest BCUT2D eigenvalue weighted by atomic mass is 10.1. The normalized spacial score (nSPS) is 11.1. The van der Waals surface area contributed by atoms with E-state index in [4.69, 9.17) is 0 Å². The number of allylic oxidation sites excluding steroid dienone is 1. The molecule has 0 N–H and O–H groups in total. The van der Waals surface area contributed by atoms with Crippen molar-refractivity contribution in [2.24, 2.45) is 0 Å². The molecule has 0 saturated carbocycles. The SMILES string of the molecule is CC=Cc1ccc2ccccc2[n+]1CC(=O)c1ccccc1. The Kier molecular flexibility index (Phi) is 4.10. The molecular weight excluding hydrogens is 270 g/mol. The molecule has 0 bridgehead atoms. The van der Waals surface area contributed by atoms with Gasteiger partial charge in [0.1, 0.15) is 0 Å². The third kappa shape index (κ3) is 2.82. The van der Waals surface area contributed by atoms with Crippen molar-refractivity contribution in [3.63, 3.8) is 0 Å². The average Bonchev–Trinajstić information content (AvgIpc) is 2.58. The molecular formula is C20H18NO+. The molecule has 3 rings (SSSR count). The van der Waals surface area contributed by atoms with E-state index in [2.05, 4.69) is 28.8 Å². The zero-order chi connectivity index (χ0) is 15.4. The average molecular weight is 288 g/mol. The quantitative estimate of drug-likeness (QED) is 0.524. The number of hydrogen-bond donors (Lipinski definition) is 0. The molecule has 0 unspecified atom stereocenters. The van der Waals surface area contributed by atoms with Crippen LogP contribution in [-0.2, 0) is 6.54 Å². The second-order valence-electron chi connectivity index (χ2n) is 5.19. The first kappa shape index (κ1) is 14.2. The Morgan fingerprint density at radius 3 is 2.45 bits per heavy atom. The summed E-state index contributed by atoms with van der Waals surface area (Å²) in [5.41, 5.74) is 2.85. The molecule has 0 aliphatic heterocycles. The molecule has 0 aliphatic rings. The van der Waals surface area contributed by atoms with Crippen molar-refractivity contribution in [2.45, 2.75) is 13.5 Å². The predicted octanol–water partition coefficient (Wildman–Crippen LogP) is 4.04. The van der Waals surface area contributed by atoms with Crippen LogP contribution < -0.4 is 4.57 Å². The summed E-state index contributed by atoms with van der Waals surface area (Å²) in [6.45, 7) is 2.32. The Bertz CT molecular complexity index is 835. The molecule has 2 nitrogen and oxygen atoms in total. The molecule has 3 aromatic rings. The summed E-state index contributed by atoms with van der Waals surface area (Å²) < 4.78 is 2.07. The Balaban J connectivity index is 2.08. The highest BCUT2D eigenvalue weighted by Crippen LogP contribution is 2.12. The molecule has 108 valence electrons. The van der Waals surface area contributed by atoms with Gasteiger partial charge in [-0.1, -0.05) is 48.5 Å². The highest BCUT2D eigenvalue weighted by molar-refractivity contribution is 5.95. The molecule has 0 aliphatic carbocycles. The topological polar surface area (TPSA) is 20.9 Å². The van der Waals surface area contributed by atoms with E-state index in [1.807, 2.05) is 61.5 Å². The molecule has 0 atom stereocenters. The lowest BCUT2D eigenvalue weighted by Gasteiger charge is -2.05. The Hall–Kier alpha value is -2.74. The number of para-hydroxylation sites is 1. The predicted molar refractivity (Wildman–Crippen MR) is 89.6 cm³/mol. The van der Waals surface area contributed by atoms with Crippen LogP contribution in [-0.4, -0.2) is 5.78 Å². The van der Waals surface area contributed by atoms with E-state index >= 15 is 0 Å². The van der Waals surface area contributed by atoms with Crippen LogP contribution >= 0.6 is 0 Å². The van der Waals surface area contributed by atoms with Crippen LogP contribution in [0.1, 0.15) is 23.0 Å². The molecule has 0 radical (unpaired) electrons. The number of benzene rings is 2. The summed E-state index contributed by atoms with van der Waals surface area (Å²) in [6, 6.07) is 21.7. The van der Waals surface area contributed by atoms with Crippen LogP contribution in [0, 0.1) is 0 Å². The Morgan fingerprint density at radius 2 is 1.68 bits per heavy atom. The van der Waals surface area contributed by atoms with Crippen molar-refractivity contribution in [3.05, 3.63) is 84.1 Å². The first-order chi connectivity index (χ1) is 10.8. The van der Waals surface area contributed by atoms with Crippen LogP contribution in [0.4, 0.5) is 0 Å². The zero-order valence-electron chi connectivity index (χ0n) is 12.6. The first-order valence-electron chi connectivity index (χ1n) is 7.42. The van der Waals surface area contributed by atoms with Gasteiger partial charge in [0.15, 0.2) is 0 Å². The molecule has 0 amide bonds. The second-order valence-corrected chi connectivity index (χ2v) is 5.19. The zero-order valence-corrected chi connectivity index (χ0v) is 12.6. The van der Waals surface area contributed by atoms with Gasteiger partial charge in [0.25, 0.3) is 0 Å². The van der Waals surface area contributed by atoms with E-state index in [0.29, 0.717) is 6.54 Å². The molecule has 1 aromatic heterocycles. The molecule has 0 fully saturated rings. The van der Waals surface area contributed by atoms with Gasteiger partial charge in [-0.15, -0.1) is 0 Å². The smallest absolute Gasteiger partial charge is 0.227 e. The fourth-order valence-corrected chi connectivity index (χ4v) is 2.63. The van der Waals surface area contributed by atoms with Gasteiger partial charge in [-0.25, -0.2) is 0 Å². The van der Waals surface area contributed by atoms with E-state index in [-0.39, 0.29) is 5.78 Å². The van der Waals surface area contributed by atoms with Gasteiger partial charge in [-0.3, -0.25) is 4.79 Å². The highest BCUT2D eigenvalue weighted by atomic mass is 16.1. The van der Waals surface area contributed by atoms with Gasteiger partial charge in [0.2, 0.25) is 23.5 Å². The number of carbonyl (C=O) groups is 1. The van der Waals surface area contributed by atoms with Crippen molar-refractivity contribution in [2.75, 3.05) is 0 Å². The molecule has 2 heteroatoms. The van der Waals surface area contributed by atoms with Crippen molar-refractivity contribution in [1.29, 1.82) is 0 Å². The third-order valence-electron chi connectivity index (χ3n) is 3.71. The summed E-state index contributed by atoms with van der Waals surface area (Å²) in [6.07, 6.45) is 4.03. The summed E-state index contributed by atoms with van der Waals surface area (Å²) in [5, 5.41) is 1.14. The van der Waals surface area contributed by atoms with Gasteiger partial charge < -0.3 is 0 Å². The number of aromatic nitrogens is 1. The van der Waals surface area contributed by atoms with Crippen LogP contribution in [0.5, 0.6) is 0 Å². The van der Waals surface area contributed by atoms with Gasteiger partial charge >= 0.3 is 0 Å². The van der Waals surface area contributed by atoms with Gasteiger partial charge in [-0.05, 0) is 19.1 Å². The molecule has 22 heavy (non-hydrogen) atoms. The maximum absolute atomic E-state index is 12.6. The van der Waals surface area contributed by atoms with Crippen molar-refractivity contribution in [1.82, 2.24) is 0 Å². The number of carbonyl (C=O) groups excluding carboxylic acids is 1. The van der Waals surface area contributed by atoms with Crippen molar-refractivity contribution >= 4 is 22.8 Å². The van der Waals surface area contributed by atoms with Crippen LogP contribution in [0.15, 0.2) is 72.8 Å². The Labute approximate surface area is 130 Å². The van der Waals surface area contributed by atoms with E-state index < -0.39 is 0 Å². The van der Waals surface area contributed by atoms with Gasteiger partial charge in [-0.2, -0.15) is 4.57 Å². The van der Waals surface area contributed by atoms with Gasteiger partial charge in [0.05, 0.1) is 0 Å². The summed E-state index contributed by atoms with van der Waals surface area (Å²) in [4.78, 5) is 12.6. The monoisotopic (exact) mass is 288 g/mol. The van der Waals surface area contributed by atoms with Crippen LogP contribution in [0.2, 0.25) is 0 Å². The first-order valence-corrected chi connectivity index (χ1v) is 7.42. The maximum atomic E-state index is 12.6. The van der Waals surface area contributed by atoms with Crippen LogP contribution in [0.25, 0.3) is 17.0 Å². The lowest BCUT2D eigenvalue weighted by molar-refractivity contribution is -0.658. The third-order valence-corrected chi connectivity index (χ3v) is 3.71. The molecule has 1 heterocycles.